The van der Waals surface area contributed by atoms with Crippen molar-refractivity contribution in [3.63, 3.8) is 0 Å². The van der Waals surface area contributed by atoms with Crippen molar-refractivity contribution in [2.24, 2.45) is 0 Å². The van der Waals surface area contributed by atoms with Crippen molar-refractivity contribution >= 4 is 18.9 Å². The fourth-order valence-electron chi connectivity index (χ4n) is 0.755. The van der Waals surface area contributed by atoms with Gasteiger partial charge in [0.1, 0.15) is 0 Å². The highest BCUT2D eigenvalue weighted by Crippen LogP contribution is 2.18. The van der Waals surface area contributed by atoms with E-state index in [2.05, 4.69) is 13.8 Å². The maximum atomic E-state index is 6.18. The van der Waals surface area contributed by atoms with E-state index in [-0.39, 0.29) is 0 Å². The average molecular weight is 211 g/mol. The summed E-state index contributed by atoms with van der Waals surface area (Å²) in [4.78, 5) is 0. The summed E-state index contributed by atoms with van der Waals surface area (Å²) in [6.07, 6.45) is 1.99. The standard InChI is InChI=1S/C8H19ClO2Si/c1-4-7-10-12(9,6-3)11-8-5-2/h4-8H2,1-3H3. The van der Waals surface area contributed by atoms with Gasteiger partial charge < -0.3 is 8.85 Å². The molecule has 0 aliphatic carbocycles. The second-order valence-electron chi connectivity index (χ2n) is 2.71. The Labute approximate surface area is 81.2 Å². The van der Waals surface area contributed by atoms with E-state index < -0.39 is 7.87 Å². The lowest BCUT2D eigenvalue weighted by Gasteiger charge is -2.22. The predicted molar refractivity (Wildman–Crippen MR) is 54.6 cm³/mol. The van der Waals surface area contributed by atoms with Gasteiger partial charge in [0.25, 0.3) is 0 Å². The van der Waals surface area contributed by atoms with Crippen molar-refractivity contribution in [2.45, 2.75) is 39.7 Å². The molecule has 0 amide bonds. The van der Waals surface area contributed by atoms with E-state index in [9.17, 15) is 0 Å². The molecule has 0 aromatic heterocycles. The van der Waals surface area contributed by atoms with Gasteiger partial charge >= 0.3 is 7.87 Å². The van der Waals surface area contributed by atoms with Crippen LogP contribution >= 0.6 is 11.1 Å². The van der Waals surface area contributed by atoms with Gasteiger partial charge in [0.2, 0.25) is 0 Å². The molecule has 0 fully saturated rings. The van der Waals surface area contributed by atoms with Gasteiger partial charge in [0.15, 0.2) is 0 Å². The summed E-state index contributed by atoms with van der Waals surface area (Å²) in [5.41, 5.74) is 0. The largest absolute Gasteiger partial charge is 0.442 e. The Morgan fingerprint density at radius 1 is 1.00 bits per heavy atom. The van der Waals surface area contributed by atoms with Crippen molar-refractivity contribution in [3.05, 3.63) is 0 Å². The van der Waals surface area contributed by atoms with Crippen LogP contribution in [0.15, 0.2) is 0 Å². The van der Waals surface area contributed by atoms with Crippen LogP contribution < -0.4 is 0 Å². The summed E-state index contributed by atoms with van der Waals surface area (Å²) >= 11 is 6.18. The third-order valence-corrected chi connectivity index (χ3v) is 5.04. The lowest BCUT2D eigenvalue weighted by Crippen LogP contribution is -2.35. The van der Waals surface area contributed by atoms with Gasteiger partial charge in [-0.05, 0) is 12.8 Å². The van der Waals surface area contributed by atoms with Gasteiger partial charge in [0.05, 0.1) is 0 Å². The van der Waals surface area contributed by atoms with E-state index in [0.717, 1.165) is 18.9 Å². The van der Waals surface area contributed by atoms with Crippen LogP contribution in [0.5, 0.6) is 0 Å². The van der Waals surface area contributed by atoms with Crippen LogP contribution in [-0.2, 0) is 8.85 Å². The number of hydrogen-bond acceptors (Lipinski definition) is 2. The molecule has 74 valence electrons. The molecule has 2 nitrogen and oxygen atoms in total. The van der Waals surface area contributed by atoms with Crippen molar-refractivity contribution in [1.29, 1.82) is 0 Å². The highest BCUT2D eigenvalue weighted by molar-refractivity contribution is 7.12. The average Bonchev–Trinajstić information content (AvgIpc) is 2.11. The topological polar surface area (TPSA) is 18.5 Å². The molecule has 0 bridgehead atoms. The van der Waals surface area contributed by atoms with Crippen LogP contribution in [0.1, 0.15) is 33.6 Å². The quantitative estimate of drug-likeness (QED) is 0.475. The first kappa shape index (κ1) is 12.4. The third kappa shape index (κ3) is 5.14. The molecular weight excluding hydrogens is 192 g/mol. The summed E-state index contributed by atoms with van der Waals surface area (Å²) in [6.45, 7) is 7.59. The van der Waals surface area contributed by atoms with Gasteiger partial charge in [-0.15, -0.1) is 0 Å². The van der Waals surface area contributed by atoms with Gasteiger partial charge in [0, 0.05) is 19.3 Å². The minimum Gasteiger partial charge on any atom is -0.383 e. The van der Waals surface area contributed by atoms with Crippen LogP contribution in [0.4, 0.5) is 0 Å². The second kappa shape index (κ2) is 6.89. The molecule has 0 spiro atoms. The molecule has 0 aliphatic rings. The van der Waals surface area contributed by atoms with E-state index >= 15 is 0 Å². The predicted octanol–water partition coefficient (Wildman–Crippen LogP) is 3.04. The highest BCUT2D eigenvalue weighted by Gasteiger charge is 2.32. The Bertz CT molecular complexity index is 103. The minimum atomic E-state index is -2.29. The van der Waals surface area contributed by atoms with Crippen LogP contribution in [0, 0.1) is 0 Å². The van der Waals surface area contributed by atoms with Crippen molar-refractivity contribution in [2.75, 3.05) is 13.2 Å². The first-order valence-electron chi connectivity index (χ1n) is 4.65. The fourth-order valence-corrected chi connectivity index (χ4v) is 2.73. The van der Waals surface area contributed by atoms with E-state index in [1.807, 2.05) is 6.92 Å². The Balaban J connectivity index is 3.70. The lowest BCUT2D eigenvalue weighted by molar-refractivity contribution is 0.187. The molecule has 0 saturated heterocycles. The molecular formula is C8H19ClO2Si. The van der Waals surface area contributed by atoms with Crippen LogP contribution in [-0.4, -0.2) is 21.1 Å². The summed E-state index contributed by atoms with van der Waals surface area (Å²) in [7, 11) is -2.29. The Kier molecular flexibility index (Phi) is 7.14. The van der Waals surface area contributed by atoms with Crippen molar-refractivity contribution in [3.8, 4) is 0 Å². The van der Waals surface area contributed by atoms with E-state index in [0.29, 0.717) is 13.2 Å². The summed E-state index contributed by atoms with van der Waals surface area (Å²) in [5, 5.41) is 0. The van der Waals surface area contributed by atoms with Crippen LogP contribution in [0.3, 0.4) is 0 Å². The number of rotatable bonds is 7. The zero-order valence-corrected chi connectivity index (χ0v) is 9.99. The lowest BCUT2D eigenvalue weighted by atomic mass is 10.5. The Hall–Kier alpha value is 0.427. The molecule has 4 heteroatoms. The Morgan fingerprint density at radius 3 is 1.67 bits per heavy atom. The molecule has 0 radical (unpaired) electrons. The smallest absolute Gasteiger partial charge is 0.383 e. The van der Waals surface area contributed by atoms with Gasteiger partial charge in [-0.2, -0.15) is 0 Å². The molecule has 0 aromatic carbocycles. The fraction of sp³-hybridized carbons (Fsp3) is 1.00. The molecule has 0 unspecified atom stereocenters. The number of halogens is 1. The van der Waals surface area contributed by atoms with Crippen LogP contribution in [0.25, 0.3) is 0 Å². The zero-order valence-electron chi connectivity index (χ0n) is 8.23. The SMILES string of the molecule is CCCO[Si](Cl)(CC)OCCC. The summed E-state index contributed by atoms with van der Waals surface area (Å²) in [6, 6.07) is 0.814. The summed E-state index contributed by atoms with van der Waals surface area (Å²) in [5.74, 6) is 0. The highest BCUT2D eigenvalue weighted by atomic mass is 35.6. The van der Waals surface area contributed by atoms with Gasteiger partial charge in [-0.1, -0.05) is 31.9 Å². The van der Waals surface area contributed by atoms with Crippen LogP contribution in [0.2, 0.25) is 6.04 Å². The maximum absolute atomic E-state index is 6.18. The molecule has 0 atom stereocenters. The van der Waals surface area contributed by atoms with E-state index in [4.69, 9.17) is 19.9 Å². The zero-order chi connectivity index (χ0) is 9.45. The molecule has 0 N–H and O–H groups in total. The molecule has 0 aliphatic heterocycles. The van der Waals surface area contributed by atoms with Crippen molar-refractivity contribution < 1.29 is 8.85 Å². The first-order valence-corrected chi connectivity index (χ1v) is 7.68. The second-order valence-corrected chi connectivity index (χ2v) is 7.04. The Morgan fingerprint density at radius 2 is 1.42 bits per heavy atom. The minimum absolute atomic E-state index is 0.716. The van der Waals surface area contributed by atoms with Gasteiger partial charge in [-0.25, -0.2) is 0 Å². The summed E-state index contributed by atoms with van der Waals surface area (Å²) < 4.78 is 11.0. The van der Waals surface area contributed by atoms with E-state index in [1.165, 1.54) is 0 Å². The maximum Gasteiger partial charge on any atom is 0.442 e. The molecule has 0 heterocycles. The third-order valence-electron chi connectivity index (χ3n) is 1.47. The molecule has 12 heavy (non-hydrogen) atoms. The monoisotopic (exact) mass is 210 g/mol. The number of hydrogen-bond donors (Lipinski definition) is 0. The first-order chi connectivity index (χ1) is 5.68. The van der Waals surface area contributed by atoms with Crippen molar-refractivity contribution in [1.82, 2.24) is 0 Å². The molecule has 0 aromatic rings. The normalized spacial score (nSPS) is 12.0. The van der Waals surface area contributed by atoms with Gasteiger partial charge in [-0.3, -0.25) is 0 Å². The molecule has 0 saturated carbocycles. The molecule has 0 rings (SSSR count). The van der Waals surface area contributed by atoms with E-state index in [1.54, 1.807) is 0 Å².